The van der Waals surface area contributed by atoms with Crippen LogP contribution < -0.4 is 4.74 Å². The van der Waals surface area contributed by atoms with Crippen LogP contribution in [0.3, 0.4) is 0 Å². The zero-order valence-corrected chi connectivity index (χ0v) is 24.5. The summed E-state index contributed by atoms with van der Waals surface area (Å²) in [6.07, 6.45) is 17.9. The van der Waals surface area contributed by atoms with Crippen LogP contribution in [0.4, 0.5) is 0 Å². The molecule has 0 N–H and O–H groups in total. The predicted molar refractivity (Wildman–Crippen MR) is 161 cm³/mol. The van der Waals surface area contributed by atoms with Crippen molar-refractivity contribution < 1.29 is 17.7 Å². The molecule has 5 heteroatoms. The van der Waals surface area contributed by atoms with Gasteiger partial charge in [-0.3, -0.25) is 0 Å². The Morgan fingerprint density at radius 1 is 0.650 bits per heavy atom. The summed E-state index contributed by atoms with van der Waals surface area (Å²) in [5.41, 5.74) is 2.60. The van der Waals surface area contributed by atoms with Gasteiger partial charge < -0.3 is 9.29 Å². The minimum atomic E-state index is -4.81. The van der Waals surface area contributed by atoms with Gasteiger partial charge in [0.1, 0.15) is 15.9 Å². The smallest absolute Gasteiger partial charge is 0.213 e. The van der Waals surface area contributed by atoms with Gasteiger partial charge in [0, 0.05) is 5.56 Å². The molecule has 0 radical (unpaired) electrons. The SMILES string of the molecule is O=S(=O)([O-])C(Oc1c(C2CCCCC2)cc(C2CCCCC2)cc1C1CCCCC1)c1cccc2ccccc12. The van der Waals surface area contributed by atoms with Gasteiger partial charge in [-0.1, -0.05) is 112 Å². The van der Waals surface area contributed by atoms with Crippen molar-refractivity contribution in [1.29, 1.82) is 0 Å². The van der Waals surface area contributed by atoms with Crippen molar-refractivity contribution >= 4 is 20.9 Å². The van der Waals surface area contributed by atoms with Gasteiger partial charge in [-0.15, -0.1) is 0 Å². The monoisotopic (exact) mass is 559 g/mol. The molecule has 3 aliphatic rings. The first-order valence-electron chi connectivity index (χ1n) is 15.8. The van der Waals surface area contributed by atoms with Crippen LogP contribution >= 0.6 is 0 Å². The van der Waals surface area contributed by atoms with Crippen LogP contribution in [0, 0.1) is 0 Å². The van der Waals surface area contributed by atoms with Crippen molar-refractivity contribution in [3.05, 3.63) is 76.9 Å². The summed E-state index contributed by atoms with van der Waals surface area (Å²) < 4.78 is 45.7. The molecule has 3 fully saturated rings. The van der Waals surface area contributed by atoms with Crippen molar-refractivity contribution in [3.8, 4) is 5.75 Å². The van der Waals surface area contributed by atoms with E-state index in [2.05, 4.69) is 12.1 Å². The third kappa shape index (κ3) is 5.97. The lowest BCUT2D eigenvalue weighted by Crippen LogP contribution is -2.22. The number of hydrogen-bond acceptors (Lipinski definition) is 4. The average Bonchev–Trinajstić information content (AvgIpc) is 3.00. The third-order valence-corrected chi connectivity index (χ3v) is 10.8. The van der Waals surface area contributed by atoms with Crippen LogP contribution in [0.15, 0.2) is 54.6 Å². The van der Waals surface area contributed by atoms with Crippen LogP contribution in [-0.4, -0.2) is 13.0 Å². The fraction of sp³-hybridized carbons (Fsp3) is 0.543. The van der Waals surface area contributed by atoms with E-state index in [-0.39, 0.29) is 0 Å². The molecule has 0 spiro atoms. The van der Waals surface area contributed by atoms with E-state index in [0.717, 1.165) is 47.6 Å². The van der Waals surface area contributed by atoms with Crippen LogP contribution in [0.5, 0.6) is 5.75 Å². The molecule has 3 aromatic carbocycles. The van der Waals surface area contributed by atoms with Crippen molar-refractivity contribution in [3.63, 3.8) is 0 Å². The maximum atomic E-state index is 13.0. The summed E-state index contributed by atoms with van der Waals surface area (Å²) in [6.45, 7) is 0. The fourth-order valence-electron chi connectivity index (χ4n) is 7.78. The van der Waals surface area contributed by atoms with Gasteiger partial charge >= 0.3 is 0 Å². The van der Waals surface area contributed by atoms with Crippen molar-refractivity contribution in [1.82, 2.24) is 0 Å². The van der Waals surface area contributed by atoms with Gasteiger partial charge in [-0.2, -0.15) is 0 Å². The molecule has 0 aliphatic heterocycles. The van der Waals surface area contributed by atoms with Gasteiger partial charge in [0.05, 0.1) is 0 Å². The van der Waals surface area contributed by atoms with Crippen molar-refractivity contribution in [2.45, 2.75) is 120 Å². The van der Waals surface area contributed by atoms with E-state index in [9.17, 15) is 13.0 Å². The highest BCUT2D eigenvalue weighted by atomic mass is 32.2. The first-order valence-corrected chi connectivity index (χ1v) is 17.2. The zero-order valence-electron chi connectivity index (χ0n) is 23.7. The molecule has 1 unspecified atom stereocenters. The molecule has 4 nitrogen and oxygen atoms in total. The summed E-state index contributed by atoms with van der Waals surface area (Å²) in [5, 5.41) is 1.66. The largest absolute Gasteiger partial charge is 0.745 e. The van der Waals surface area contributed by atoms with Crippen molar-refractivity contribution in [2.24, 2.45) is 0 Å². The van der Waals surface area contributed by atoms with Gasteiger partial charge in [0.15, 0.2) is 0 Å². The number of hydrogen-bond donors (Lipinski definition) is 0. The second-order valence-electron chi connectivity index (χ2n) is 12.5. The second-order valence-corrected chi connectivity index (χ2v) is 14.0. The third-order valence-electron chi connectivity index (χ3n) is 9.90. The normalized spacial score (nSPS) is 20.9. The Hall–Kier alpha value is -2.37. The topological polar surface area (TPSA) is 66.4 Å². The number of fused-ring (bicyclic) bond motifs is 1. The highest BCUT2D eigenvalue weighted by molar-refractivity contribution is 7.85. The second kappa shape index (κ2) is 12.2. The molecule has 0 heterocycles. The van der Waals surface area contributed by atoms with Crippen LogP contribution in [-0.2, 0) is 10.1 Å². The maximum Gasteiger partial charge on any atom is 0.213 e. The van der Waals surface area contributed by atoms with Crippen molar-refractivity contribution in [2.75, 3.05) is 0 Å². The highest BCUT2D eigenvalue weighted by Crippen LogP contribution is 2.49. The summed E-state index contributed by atoms with van der Waals surface area (Å²) in [4.78, 5) is 0. The first kappa shape index (κ1) is 27.8. The lowest BCUT2D eigenvalue weighted by atomic mass is 9.75. The van der Waals surface area contributed by atoms with E-state index < -0.39 is 15.6 Å². The molecule has 3 aromatic rings. The molecule has 1 atom stereocenters. The quantitative estimate of drug-likeness (QED) is 0.270. The Morgan fingerprint density at radius 2 is 1.15 bits per heavy atom. The Labute approximate surface area is 240 Å². The molecule has 6 rings (SSSR count). The summed E-state index contributed by atoms with van der Waals surface area (Å²) in [7, 11) is -4.81. The molecule has 0 aromatic heterocycles. The molecular weight excluding hydrogens is 516 g/mol. The van der Waals surface area contributed by atoms with Crippen LogP contribution in [0.25, 0.3) is 10.8 Å². The molecule has 0 amide bonds. The Bertz CT molecular complexity index is 1370. The number of ether oxygens (including phenoxy) is 1. The summed E-state index contributed by atoms with van der Waals surface area (Å²) >= 11 is 0. The zero-order chi connectivity index (χ0) is 27.5. The molecule has 3 aliphatic carbocycles. The van der Waals surface area contributed by atoms with E-state index in [0.29, 0.717) is 29.1 Å². The molecule has 3 saturated carbocycles. The number of benzene rings is 3. The minimum absolute atomic E-state index is 0.345. The van der Waals surface area contributed by atoms with Gasteiger partial charge in [-0.05, 0) is 83.7 Å². The number of rotatable bonds is 7. The standard InChI is InChI=1S/C35H44O4S/c36-40(37,38)35(31-22-12-20-26-19-10-11-21-30(26)31)39-34-32(27-15-6-2-7-16-27)23-29(25-13-4-1-5-14-25)24-33(34)28-17-8-3-9-18-28/h10-12,19-25,27-28,35H,1-9,13-18H2,(H,36,37,38)/p-1. The lowest BCUT2D eigenvalue weighted by Gasteiger charge is -2.34. The van der Waals surface area contributed by atoms with Crippen LogP contribution in [0.1, 0.15) is 142 Å². The first-order chi connectivity index (χ1) is 19.5. The van der Waals surface area contributed by atoms with Gasteiger partial charge in [0.25, 0.3) is 0 Å². The maximum absolute atomic E-state index is 13.0. The molecule has 0 saturated heterocycles. The average molecular weight is 560 g/mol. The Morgan fingerprint density at radius 3 is 1.70 bits per heavy atom. The Kier molecular flexibility index (Phi) is 8.50. The van der Waals surface area contributed by atoms with Gasteiger partial charge in [-0.25, -0.2) is 8.42 Å². The summed E-state index contributed by atoms with van der Waals surface area (Å²) in [5.74, 6) is 1.95. The molecule has 214 valence electrons. The van der Waals surface area contributed by atoms with E-state index in [1.54, 1.807) is 6.07 Å². The molecule has 0 bridgehead atoms. The fourth-order valence-corrected chi connectivity index (χ4v) is 8.51. The van der Waals surface area contributed by atoms with Gasteiger partial charge in [0.2, 0.25) is 5.44 Å². The van der Waals surface area contributed by atoms with E-state index in [1.807, 2.05) is 36.4 Å². The summed E-state index contributed by atoms with van der Waals surface area (Å²) in [6, 6.07) is 17.9. The highest BCUT2D eigenvalue weighted by Gasteiger charge is 2.32. The molecule has 40 heavy (non-hydrogen) atoms. The van der Waals surface area contributed by atoms with E-state index >= 15 is 0 Å². The predicted octanol–water partition coefficient (Wildman–Crippen LogP) is 9.61. The minimum Gasteiger partial charge on any atom is -0.745 e. The van der Waals surface area contributed by atoms with E-state index in [1.165, 1.54) is 76.2 Å². The van der Waals surface area contributed by atoms with E-state index in [4.69, 9.17) is 4.74 Å². The van der Waals surface area contributed by atoms with Crippen LogP contribution in [0.2, 0.25) is 0 Å². The Balaban J connectivity index is 1.52. The molecular formula is C35H43O4S-. The lowest BCUT2D eigenvalue weighted by molar-refractivity contribution is 0.249.